The minimum atomic E-state index is -1.08. The zero-order valence-electron chi connectivity index (χ0n) is 22.5. The molecule has 0 saturated carbocycles. The Morgan fingerprint density at radius 2 is 1.65 bits per heavy atom. The third-order valence-corrected chi connectivity index (χ3v) is 8.94. The molecule has 1 aliphatic heterocycles. The van der Waals surface area contributed by atoms with Crippen LogP contribution in [0.2, 0.25) is 20.1 Å². The second kappa shape index (κ2) is 13.0. The van der Waals surface area contributed by atoms with Crippen molar-refractivity contribution in [3.05, 3.63) is 129 Å². The number of hydrogen-bond acceptors (Lipinski definition) is 6. The summed E-state index contributed by atoms with van der Waals surface area (Å²) in [5.41, 5.74) is 7.82. The molecule has 2 heterocycles. The van der Waals surface area contributed by atoms with Gasteiger partial charge in [-0.15, -0.1) is 11.3 Å². The van der Waals surface area contributed by atoms with Crippen molar-refractivity contribution in [3.8, 4) is 0 Å². The zero-order valence-corrected chi connectivity index (χ0v) is 26.3. The molecule has 220 valence electrons. The Morgan fingerprint density at radius 1 is 0.977 bits per heavy atom. The largest absolute Gasteiger partial charge is 0.463 e. The number of carbonyl (C=O) groups is 2. The Hall–Kier alpha value is -3.53. The Labute approximate surface area is 270 Å². The third kappa shape index (κ3) is 6.25. The van der Waals surface area contributed by atoms with Crippen LogP contribution in [0.3, 0.4) is 0 Å². The first-order valence-corrected chi connectivity index (χ1v) is 15.3. The van der Waals surface area contributed by atoms with Crippen LogP contribution in [-0.2, 0) is 20.9 Å². The molecule has 0 saturated heterocycles. The number of aromatic nitrogens is 1. The molecule has 0 spiro atoms. The maximum absolute atomic E-state index is 14.1. The van der Waals surface area contributed by atoms with E-state index < -0.39 is 23.4 Å². The third-order valence-electron chi connectivity index (χ3n) is 6.71. The van der Waals surface area contributed by atoms with Crippen molar-refractivity contribution in [2.75, 3.05) is 6.61 Å². The van der Waals surface area contributed by atoms with Gasteiger partial charge in [0.1, 0.15) is 10.5 Å². The minimum absolute atomic E-state index is 0.0334. The Balaban J connectivity index is 1.82. The lowest BCUT2D eigenvalue weighted by molar-refractivity contribution is -0.138. The van der Waals surface area contributed by atoms with Crippen molar-refractivity contribution in [2.45, 2.75) is 19.4 Å². The van der Waals surface area contributed by atoms with Gasteiger partial charge in [0.25, 0.3) is 11.5 Å². The summed E-state index contributed by atoms with van der Waals surface area (Å²) in [4.78, 5) is 41.5. The summed E-state index contributed by atoms with van der Waals surface area (Å²) in [7, 11) is 0. The molecule has 12 heteroatoms. The van der Waals surface area contributed by atoms with Gasteiger partial charge in [0.2, 0.25) is 0 Å². The molecular weight excluding hydrogens is 652 g/mol. The Bertz CT molecular complexity index is 1970. The van der Waals surface area contributed by atoms with Gasteiger partial charge in [-0.2, -0.15) is 0 Å². The number of nitrogens with one attached hydrogen (secondary N) is 1. The van der Waals surface area contributed by atoms with Crippen LogP contribution in [0.5, 0.6) is 0 Å². The van der Waals surface area contributed by atoms with E-state index in [1.807, 2.05) is 30.3 Å². The van der Waals surface area contributed by atoms with Crippen molar-refractivity contribution in [1.29, 1.82) is 0 Å². The second-order valence-electron chi connectivity index (χ2n) is 9.42. The van der Waals surface area contributed by atoms with E-state index in [0.29, 0.717) is 26.2 Å². The SMILES string of the molecule is CCOC(=O)C1=C(N)n2c(s/c(=C/c3ccc(Cl)cc3Cl)c2=O)=C(C(=O)NCc2ccccc2)C1c1ccc(Cl)cc1Cl. The van der Waals surface area contributed by atoms with Crippen molar-refractivity contribution in [3.63, 3.8) is 0 Å². The highest BCUT2D eigenvalue weighted by Crippen LogP contribution is 2.41. The monoisotopic (exact) mass is 673 g/mol. The Kier molecular flexibility index (Phi) is 9.34. The van der Waals surface area contributed by atoms with Gasteiger partial charge in [0.05, 0.1) is 28.2 Å². The Morgan fingerprint density at radius 3 is 2.30 bits per heavy atom. The highest BCUT2D eigenvalue weighted by Gasteiger charge is 2.40. The molecule has 1 aliphatic rings. The average Bonchev–Trinajstić information content (AvgIpc) is 3.29. The minimum Gasteiger partial charge on any atom is -0.463 e. The van der Waals surface area contributed by atoms with Gasteiger partial charge >= 0.3 is 5.97 Å². The van der Waals surface area contributed by atoms with E-state index in [-0.39, 0.29) is 44.3 Å². The fourth-order valence-electron chi connectivity index (χ4n) is 4.76. The van der Waals surface area contributed by atoms with Crippen molar-refractivity contribution in [2.24, 2.45) is 5.73 Å². The van der Waals surface area contributed by atoms with Crippen LogP contribution in [0.1, 0.15) is 29.5 Å². The number of amides is 1. The maximum Gasteiger partial charge on any atom is 0.338 e. The highest BCUT2D eigenvalue weighted by molar-refractivity contribution is 7.07. The van der Waals surface area contributed by atoms with E-state index in [0.717, 1.165) is 21.5 Å². The number of benzene rings is 3. The predicted octanol–water partition coefficient (Wildman–Crippen LogP) is 5.31. The highest BCUT2D eigenvalue weighted by atomic mass is 35.5. The van der Waals surface area contributed by atoms with Crippen molar-refractivity contribution < 1.29 is 14.3 Å². The number of rotatable bonds is 7. The lowest BCUT2D eigenvalue weighted by Crippen LogP contribution is -2.43. The van der Waals surface area contributed by atoms with Crippen molar-refractivity contribution >= 4 is 87.1 Å². The van der Waals surface area contributed by atoms with Crippen LogP contribution in [0.25, 0.3) is 17.5 Å². The lowest BCUT2D eigenvalue weighted by atomic mass is 9.82. The molecule has 3 N–H and O–H groups in total. The fraction of sp³-hybridized carbons (Fsp3) is 0.129. The molecule has 3 aromatic carbocycles. The first-order valence-electron chi connectivity index (χ1n) is 13.0. The van der Waals surface area contributed by atoms with E-state index in [4.69, 9.17) is 56.9 Å². The van der Waals surface area contributed by atoms with Crippen molar-refractivity contribution in [1.82, 2.24) is 9.88 Å². The van der Waals surface area contributed by atoms with E-state index in [9.17, 15) is 14.4 Å². The van der Waals surface area contributed by atoms with E-state index in [1.54, 1.807) is 43.3 Å². The molecule has 1 atom stereocenters. The zero-order chi connectivity index (χ0) is 30.8. The summed E-state index contributed by atoms with van der Waals surface area (Å²) in [6.45, 7) is 1.86. The van der Waals surface area contributed by atoms with Crippen LogP contribution >= 0.6 is 57.7 Å². The van der Waals surface area contributed by atoms with Crippen LogP contribution in [-0.4, -0.2) is 23.1 Å². The van der Waals surface area contributed by atoms with E-state index >= 15 is 0 Å². The van der Waals surface area contributed by atoms with Gasteiger partial charge in [-0.3, -0.25) is 14.2 Å². The molecule has 1 unspecified atom stereocenters. The number of nitrogens with two attached hydrogens (primary N) is 1. The molecule has 0 bridgehead atoms. The van der Waals surface area contributed by atoms with Crippen LogP contribution in [0, 0.1) is 0 Å². The molecule has 0 radical (unpaired) electrons. The maximum atomic E-state index is 14.1. The van der Waals surface area contributed by atoms with Gasteiger partial charge in [-0.1, -0.05) is 88.9 Å². The van der Waals surface area contributed by atoms with E-state index in [2.05, 4.69) is 5.32 Å². The molecular formula is C31H23Cl4N3O4S. The molecule has 1 aromatic heterocycles. The number of thiazole rings is 1. The van der Waals surface area contributed by atoms with Gasteiger partial charge < -0.3 is 15.8 Å². The van der Waals surface area contributed by atoms with Gasteiger partial charge in [-0.05, 0) is 54.0 Å². The normalized spacial score (nSPS) is 15.0. The summed E-state index contributed by atoms with van der Waals surface area (Å²) in [6, 6.07) is 18.9. The number of ether oxygens (including phenoxy) is 1. The summed E-state index contributed by atoms with van der Waals surface area (Å²) < 4.78 is 6.98. The van der Waals surface area contributed by atoms with Gasteiger partial charge in [0, 0.05) is 26.6 Å². The van der Waals surface area contributed by atoms with Crippen LogP contribution < -0.4 is 25.8 Å². The smallest absolute Gasteiger partial charge is 0.338 e. The number of carbonyl (C=O) groups excluding carboxylic acids is 2. The van der Waals surface area contributed by atoms with Gasteiger partial charge in [-0.25, -0.2) is 4.79 Å². The number of halogens is 4. The lowest BCUT2D eigenvalue weighted by Gasteiger charge is -2.28. The van der Waals surface area contributed by atoms with Gasteiger partial charge in [0.15, 0.2) is 0 Å². The summed E-state index contributed by atoms with van der Waals surface area (Å²) >= 11 is 26.3. The molecule has 0 fully saturated rings. The number of hydrogen-bond donors (Lipinski definition) is 2. The standard InChI is InChI=1S/C31H23Cl4N3O4S/c1-2-42-31(41)25-24(20-11-10-19(33)14-22(20)35)26(28(39)37-15-16-6-4-3-5-7-16)30-38(27(25)36)29(40)23(43-30)12-17-8-9-18(32)13-21(17)34/h3-14,24H,2,15,36H2,1H3,(H,37,39)/b23-12+. The number of fused-ring (bicyclic) bond motifs is 1. The van der Waals surface area contributed by atoms with Crippen LogP contribution in [0.15, 0.2) is 77.1 Å². The van der Waals surface area contributed by atoms with E-state index in [1.165, 1.54) is 6.07 Å². The molecule has 7 nitrogen and oxygen atoms in total. The predicted molar refractivity (Wildman–Crippen MR) is 173 cm³/mol. The van der Waals surface area contributed by atoms with Crippen LogP contribution in [0.4, 0.5) is 0 Å². The number of nitrogens with zero attached hydrogens (tertiary/aromatic N) is 1. The topological polar surface area (TPSA) is 103 Å². The molecule has 0 aliphatic carbocycles. The molecule has 1 amide bonds. The first kappa shape index (κ1) is 30.9. The summed E-state index contributed by atoms with van der Waals surface area (Å²) in [5, 5.41) is 4.25. The molecule has 4 aromatic rings. The molecule has 43 heavy (non-hydrogen) atoms. The molecule has 5 rings (SSSR count). The average molecular weight is 675 g/mol. The fourth-order valence-corrected chi connectivity index (χ4v) is 6.90. The summed E-state index contributed by atoms with van der Waals surface area (Å²) in [5.74, 6) is -2.57. The number of esters is 1. The quantitative estimate of drug-likeness (QED) is 0.259. The first-order chi connectivity index (χ1) is 20.6. The summed E-state index contributed by atoms with van der Waals surface area (Å²) in [6.07, 6.45) is 1.58. The second-order valence-corrected chi connectivity index (χ2v) is 12.1.